The van der Waals surface area contributed by atoms with E-state index in [1.807, 2.05) is 25.1 Å². The zero-order chi connectivity index (χ0) is 11.5. The number of oxazole rings is 1. The molecule has 1 aromatic carbocycles. The molecule has 1 unspecified atom stereocenters. The van der Waals surface area contributed by atoms with E-state index in [4.69, 9.17) is 14.9 Å². The molecule has 2 rings (SSSR count). The van der Waals surface area contributed by atoms with Crippen LogP contribution in [0.5, 0.6) is 5.75 Å². The van der Waals surface area contributed by atoms with Crippen LogP contribution in [0, 0.1) is 0 Å². The van der Waals surface area contributed by atoms with Gasteiger partial charge in [-0.3, -0.25) is 0 Å². The van der Waals surface area contributed by atoms with E-state index in [-0.39, 0.29) is 6.04 Å². The number of methoxy groups -OCH3 is 1. The second kappa shape index (κ2) is 4.53. The van der Waals surface area contributed by atoms with Crippen LogP contribution in [0.25, 0.3) is 11.1 Å². The molecular formula is C12H16N2O2. The minimum Gasteiger partial charge on any atom is -0.494 e. The van der Waals surface area contributed by atoms with Gasteiger partial charge in [-0.15, -0.1) is 0 Å². The molecule has 0 fully saturated rings. The number of para-hydroxylation sites is 1. The van der Waals surface area contributed by atoms with E-state index in [0.717, 1.165) is 23.3 Å². The van der Waals surface area contributed by atoms with Crippen molar-refractivity contribution < 1.29 is 9.15 Å². The molecule has 1 heterocycles. The lowest BCUT2D eigenvalue weighted by atomic mass is 10.2. The lowest BCUT2D eigenvalue weighted by Crippen LogP contribution is -2.21. The van der Waals surface area contributed by atoms with E-state index < -0.39 is 0 Å². The zero-order valence-electron chi connectivity index (χ0n) is 9.56. The fourth-order valence-corrected chi connectivity index (χ4v) is 1.59. The van der Waals surface area contributed by atoms with Crippen LogP contribution in [0.4, 0.5) is 0 Å². The molecule has 0 saturated heterocycles. The van der Waals surface area contributed by atoms with Crippen molar-refractivity contribution in [2.24, 2.45) is 5.73 Å². The SMILES string of the molecule is CCC(N)Cc1nc2c(OC)cccc2o1. The van der Waals surface area contributed by atoms with Crippen molar-refractivity contribution in [3.63, 3.8) is 0 Å². The number of nitrogens with zero attached hydrogens (tertiary/aromatic N) is 1. The third kappa shape index (κ3) is 2.02. The van der Waals surface area contributed by atoms with Gasteiger partial charge < -0.3 is 14.9 Å². The van der Waals surface area contributed by atoms with E-state index in [1.54, 1.807) is 7.11 Å². The first kappa shape index (κ1) is 11.0. The summed E-state index contributed by atoms with van der Waals surface area (Å²) in [7, 11) is 1.63. The minimum atomic E-state index is 0.0963. The summed E-state index contributed by atoms with van der Waals surface area (Å²) >= 11 is 0. The summed E-state index contributed by atoms with van der Waals surface area (Å²) in [6, 6.07) is 5.73. The van der Waals surface area contributed by atoms with Crippen molar-refractivity contribution in [3.8, 4) is 5.75 Å². The molecule has 0 spiro atoms. The monoisotopic (exact) mass is 220 g/mol. The fraction of sp³-hybridized carbons (Fsp3) is 0.417. The second-order valence-electron chi connectivity index (χ2n) is 3.79. The molecule has 0 amide bonds. The number of hydrogen-bond donors (Lipinski definition) is 1. The number of aromatic nitrogens is 1. The summed E-state index contributed by atoms with van der Waals surface area (Å²) < 4.78 is 10.8. The smallest absolute Gasteiger partial charge is 0.197 e. The number of nitrogens with two attached hydrogens (primary N) is 1. The molecule has 0 aliphatic heterocycles. The standard InChI is InChI=1S/C12H16N2O2/c1-3-8(13)7-11-14-12-9(15-2)5-4-6-10(12)16-11/h4-6,8H,3,7,13H2,1-2H3. The van der Waals surface area contributed by atoms with Crippen LogP contribution in [0.15, 0.2) is 22.6 Å². The lowest BCUT2D eigenvalue weighted by Gasteiger charge is -2.03. The molecule has 4 nitrogen and oxygen atoms in total. The van der Waals surface area contributed by atoms with Gasteiger partial charge in [0.1, 0.15) is 5.75 Å². The van der Waals surface area contributed by atoms with Gasteiger partial charge in [-0.2, -0.15) is 0 Å². The number of fused-ring (bicyclic) bond motifs is 1. The van der Waals surface area contributed by atoms with Crippen LogP contribution < -0.4 is 10.5 Å². The topological polar surface area (TPSA) is 61.3 Å². The number of rotatable bonds is 4. The van der Waals surface area contributed by atoms with Crippen LogP contribution in [0.1, 0.15) is 19.2 Å². The number of benzene rings is 1. The van der Waals surface area contributed by atoms with Gasteiger partial charge >= 0.3 is 0 Å². The Bertz CT molecular complexity index is 479. The summed E-state index contributed by atoms with van der Waals surface area (Å²) in [4.78, 5) is 4.40. The highest BCUT2D eigenvalue weighted by Gasteiger charge is 2.12. The molecule has 2 N–H and O–H groups in total. The number of ether oxygens (including phenoxy) is 1. The average Bonchev–Trinajstić information content (AvgIpc) is 2.70. The highest BCUT2D eigenvalue weighted by molar-refractivity contribution is 5.79. The molecule has 0 bridgehead atoms. The zero-order valence-corrected chi connectivity index (χ0v) is 9.56. The van der Waals surface area contributed by atoms with Crippen molar-refractivity contribution in [3.05, 3.63) is 24.1 Å². The average molecular weight is 220 g/mol. The Morgan fingerprint density at radius 3 is 3.00 bits per heavy atom. The fourth-order valence-electron chi connectivity index (χ4n) is 1.59. The van der Waals surface area contributed by atoms with Crippen LogP contribution >= 0.6 is 0 Å². The van der Waals surface area contributed by atoms with Gasteiger partial charge in [0, 0.05) is 12.5 Å². The first-order valence-corrected chi connectivity index (χ1v) is 5.42. The summed E-state index contributed by atoms with van der Waals surface area (Å²) in [5.41, 5.74) is 7.38. The molecule has 1 aromatic heterocycles. The van der Waals surface area contributed by atoms with Crippen LogP contribution in [0.3, 0.4) is 0 Å². The molecule has 86 valence electrons. The van der Waals surface area contributed by atoms with E-state index in [1.165, 1.54) is 0 Å². The molecule has 16 heavy (non-hydrogen) atoms. The largest absolute Gasteiger partial charge is 0.494 e. The van der Waals surface area contributed by atoms with Crippen molar-refractivity contribution in [2.75, 3.05) is 7.11 Å². The Hall–Kier alpha value is -1.55. The quantitative estimate of drug-likeness (QED) is 0.857. The summed E-state index contributed by atoms with van der Waals surface area (Å²) in [6.07, 6.45) is 1.57. The van der Waals surface area contributed by atoms with E-state index in [0.29, 0.717) is 12.3 Å². The van der Waals surface area contributed by atoms with Crippen LogP contribution in [0.2, 0.25) is 0 Å². The maximum absolute atomic E-state index is 5.87. The normalized spacial score (nSPS) is 12.9. The van der Waals surface area contributed by atoms with E-state index >= 15 is 0 Å². The maximum atomic E-state index is 5.87. The predicted molar refractivity (Wildman–Crippen MR) is 62.5 cm³/mol. The highest BCUT2D eigenvalue weighted by Crippen LogP contribution is 2.25. The molecule has 0 aliphatic carbocycles. The Morgan fingerprint density at radius 1 is 1.50 bits per heavy atom. The van der Waals surface area contributed by atoms with Crippen LogP contribution in [-0.4, -0.2) is 18.1 Å². The van der Waals surface area contributed by atoms with Crippen molar-refractivity contribution in [2.45, 2.75) is 25.8 Å². The van der Waals surface area contributed by atoms with Gasteiger partial charge in [-0.25, -0.2) is 4.98 Å². The molecule has 1 atom stereocenters. The third-order valence-electron chi connectivity index (χ3n) is 2.61. The molecule has 0 radical (unpaired) electrons. The first-order chi connectivity index (χ1) is 7.74. The van der Waals surface area contributed by atoms with Crippen molar-refractivity contribution >= 4 is 11.1 Å². The van der Waals surface area contributed by atoms with Gasteiger partial charge in [0.15, 0.2) is 17.0 Å². The molecule has 2 aromatic rings. The summed E-state index contributed by atoms with van der Waals surface area (Å²) in [6.45, 7) is 2.05. The lowest BCUT2D eigenvalue weighted by molar-refractivity contribution is 0.419. The van der Waals surface area contributed by atoms with Gasteiger partial charge in [0.25, 0.3) is 0 Å². The van der Waals surface area contributed by atoms with E-state index in [2.05, 4.69) is 4.98 Å². The Balaban J connectivity index is 2.36. The molecule has 4 heteroatoms. The number of hydrogen-bond acceptors (Lipinski definition) is 4. The highest BCUT2D eigenvalue weighted by atomic mass is 16.5. The first-order valence-electron chi connectivity index (χ1n) is 5.42. The third-order valence-corrected chi connectivity index (χ3v) is 2.61. The second-order valence-corrected chi connectivity index (χ2v) is 3.79. The minimum absolute atomic E-state index is 0.0963. The summed E-state index contributed by atoms with van der Waals surface area (Å²) in [5, 5.41) is 0. The van der Waals surface area contributed by atoms with Crippen molar-refractivity contribution in [1.82, 2.24) is 4.98 Å². The predicted octanol–water partition coefficient (Wildman–Crippen LogP) is 2.12. The molecular weight excluding hydrogens is 204 g/mol. The Morgan fingerprint density at radius 2 is 2.31 bits per heavy atom. The molecule has 0 aliphatic rings. The van der Waals surface area contributed by atoms with E-state index in [9.17, 15) is 0 Å². The van der Waals surface area contributed by atoms with Crippen LogP contribution in [-0.2, 0) is 6.42 Å². The Labute approximate surface area is 94.4 Å². The van der Waals surface area contributed by atoms with Gasteiger partial charge in [-0.1, -0.05) is 13.0 Å². The van der Waals surface area contributed by atoms with Gasteiger partial charge in [-0.05, 0) is 18.6 Å². The molecule has 0 saturated carbocycles. The van der Waals surface area contributed by atoms with Gasteiger partial charge in [0.2, 0.25) is 0 Å². The van der Waals surface area contributed by atoms with Gasteiger partial charge in [0.05, 0.1) is 7.11 Å². The maximum Gasteiger partial charge on any atom is 0.197 e. The Kier molecular flexibility index (Phi) is 3.10. The summed E-state index contributed by atoms with van der Waals surface area (Å²) in [5.74, 6) is 1.41. The van der Waals surface area contributed by atoms with Crippen molar-refractivity contribution in [1.29, 1.82) is 0 Å².